The predicted octanol–water partition coefficient (Wildman–Crippen LogP) is 9.63. The van der Waals surface area contributed by atoms with Crippen molar-refractivity contribution in [2.24, 2.45) is 0 Å². The molecule has 1 atom stereocenters. The zero-order chi connectivity index (χ0) is 22.4. The first-order valence-corrected chi connectivity index (χ1v) is 13.7. The van der Waals surface area contributed by atoms with Gasteiger partial charge in [0.1, 0.15) is 6.10 Å². The van der Waals surface area contributed by atoms with Gasteiger partial charge in [0.2, 0.25) is 0 Å². The molecule has 0 bridgehead atoms. The second-order valence-electron chi connectivity index (χ2n) is 9.66. The van der Waals surface area contributed by atoms with Crippen LogP contribution in [0, 0.1) is 0 Å². The Morgan fingerprint density at radius 3 is 1.68 bits per heavy atom. The molecule has 0 N–H and O–H groups in total. The number of rotatable bonds is 21. The smallest absolute Gasteiger partial charge is 0.162 e. The summed E-state index contributed by atoms with van der Waals surface area (Å²) in [4.78, 5) is 11.5. The van der Waals surface area contributed by atoms with E-state index in [-0.39, 0.29) is 11.9 Å². The Kier molecular flexibility index (Phi) is 18.8. The van der Waals surface area contributed by atoms with Crippen LogP contribution in [0.5, 0.6) is 0 Å². The molecular weight excluding hydrogens is 380 g/mol. The summed E-state index contributed by atoms with van der Waals surface area (Å²) in [6, 6.07) is 0. The molecule has 0 spiro atoms. The number of hydrogen-bond donors (Lipinski definition) is 0. The van der Waals surface area contributed by atoms with Crippen LogP contribution in [0.4, 0.5) is 0 Å². The standard InChI is InChI=1S/C29H52O2/c1-3-4-5-6-7-8-9-10-11-12-13-14-15-16-17-18-19-20-21-22-23-24-29-26-28(30)25-27(2)31-29/h10-11,25,29H,3-9,12-24,26H2,1-2H3/b11-10-. The summed E-state index contributed by atoms with van der Waals surface area (Å²) in [5.74, 6) is 1.02. The summed E-state index contributed by atoms with van der Waals surface area (Å²) in [5.41, 5.74) is 0. The van der Waals surface area contributed by atoms with E-state index >= 15 is 0 Å². The minimum absolute atomic E-state index is 0.133. The van der Waals surface area contributed by atoms with Gasteiger partial charge >= 0.3 is 0 Å². The highest BCUT2D eigenvalue weighted by molar-refractivity contribution is 5.91. The van der Waals surface area contributed by atoms with Crippen LogP contribution in [0.3, 0.4) is 0 Å². The minimum Gasteiger partial charge on any atom is -0.494 e. The van der Waals surface area contributed by atoms with E-state index in [1.165, 1.54) is 122 Å². The minimum atomic E-state index is 0.133. The molecule has 0 saturated heterocycles. The maximum absolute atomic E-state index is 11.5. The van der Waals surface area contributed by atoms with E-state index in [4.69, 9.17) is 4.74 Å². The summed E-state index contributed by atoms with van der Waals surface area (Å²) >= 11 is 0. The molecule has 1 aliphatic rings. The fourth-order valence-corrected chi connectivity index (χ4v) is 4.51. The molecule has 1 unspecified atom stereocenters. The summed E-state index contributed by atoms with van der Waals surface area (Å²) in [7, 11) is 0. The largest absolute Gasteiger partial charge is 0.494 e. The van der Waals surface area contributed by atoms with Crippen molar-refractivity contribution in [3.8, 4) is 0 Å². The average molecular weight is 433 g/mol. The second kappa shape index (κ2) is 20.8. The van der Waals surface area contributed by atoms with Crippen LogP contribution in [0.2, 0.25) is 0 Å². The number of carbonyl (C=O) groups is 1. The summed E-state index contributed by atoms with van der Waals surface area (Å²) < 4.78 is 5.74. The number of carbonyl (C=O) groups excluding carboxylic acids is 1. The van der Waals surface area contributed by atoms with Crippen molar-refractivity contribution >= 4 is 5.78 Å². The van der Waals surface area contributed by atoms with Gasteiger partial charge in [0.15, 0.2) is 5.78 Å². The molecule has 0 radical (unpaired) electrons. The molecule has 1 heterocycles. The van der Waals surface area contributed by atoms with Crippen molar-refractivity contribution in [1.29, 1.82) is 0 Å². The zero-order valence-corrected chi connectivity index (χ0v) is 21.0. The van der Waals surface area contributed by atoms with Gasteiger partial charge in [-0.3, -0.25) is 4.79 Å². The molecule has 0 aromatic heterocycles. The predicted molar refractivity (Wildman–Crippen MR) is 135 cm³/mol. The summed E-state index contributed by atoms with van der Waals surface area (Å²) in [5, 5.41) is 0. The van der Waals surface area contributed by atoms with Crippen molar-refractivity contribution in [2.75, 3.05) is 0 Å². The topological polar surface area (TPSA) is 26.3 Å². The molecule has 180 valence electrons. The molecule has 1 aliphatic heterocycles. The van der Waals surface area contributed by atoms with E-state index in [0.717, 1.165) is 12.2 Å². The van der Waals surface area contributed by atoms with Crippen molar-refractivity contribution in [3.63, 3.8) is 0 Å². The van der Waals surface area contributed by atoms with Crippen LogP contribution in [-0.4, -0.2) is 11.9 Å². The van der Waals surface area contributed by atoms with Crippen LogP contribution in [0.25, 0.3) is 0 Å². The van der Waals surface area contributed by atoms with Gasteiger partial charge in [-0.2, -0.15) is 0 Å². The molecule has 0 amide bonds. The third-order valence-electron chi connectivity index (χ3n) is 6.43. The number of allylic oxidation sites excluding steroid dienone is 4. The number of hydrogen-bond acceptors (Lipinski definition) is 2. The van der Waals surface area contributed by atoms with Gasteiger partial charge < -0.3 is 4.74 Å². The van der Waals surface area contributed by atoms with Crippen LogP contribution in [0.1, 0.15) is 149 Å². The van der Waals surface area contributed by atoms with E-state index in [2.05, 4.69) is 19.1 Å². The van der Waals surface area contributed by atoms with Gasteiger partial charge in [-0.1, -0.05) is 109 Å². The molecule has 31 heavy (non-hydrogen) atoms. The molecular formula is C29H52O2. The van der Waals surface area contributed by atoms with Gasteiger partial charge in [-0.05, 0) is 45.4 Å². The van der Waals surface area contributed by atoms with Gasteiger partial charge in [-0.25, -0.2) is 0 Å². The lowest BCUT2D eigenvalue weighted by Gasteiger charge is -2.22. The molecule has 2 heteroatoms. The lowest BCUT2D eigenvalue weighted by molar-refractivity contribution is -0.118. The van der Waals surface area contributed by atoms with Crippen molar-refractivity contribution in [1.82, 2.24) is 0 Å². The highest BCUT2D eigenvalue weighted by Crippen LogP contribution is 2.20. The first-order chi connectivity index (χ1) is 15.2. The molecule has 0 saturated carbocycles. The maximum atomic E-state index is 11.5. The van der Waals surface area contributed by atoms with Gasteiger partial charge in [0.05, 0.1) is 5.76 Å². The van der Waals surface area contributed by atoms with Crippen LogP contribution in [0.15, 0.2) is 24.0 Å². The van der Waals surface area contributed by atoms with Crippen molar-refractivity contribution in [3.05, 3.63) is 24.0 Å². The first kappa shape index (κ1) is 28.0. The first-order valence-electron chi connectivity index (χ1n) is 13.7. The number of unbranched alkanes of at least 4 members (excludes halogenated alkanes) is 17. The quantitative estimate of drug-likeness (QED) is 0.133. The van der Waals surface area contributed by atoms with E-state index in [1.807, 2.05) is 6.92 Å². The highest BCUT2D eigenvalue weighted by Gasteiger charge is 2.18. The zero-order valence-electron chi connectivity index (χ0n) is 21.0. The normalized spacial score (nSPS) is 16.6. The maximum Gasteiger partial charge on any atom is 0.162 e. The molecule has 2 nitrogen and oxygen atoms in total. The van der Waals surface area contributed by atoms with E-state index < -0.39 is 0 Å². The fourth-order valence-electron chi connectivity index (χ4n) is 4.51. The summed E-state index contributed by atoms with van der Waals surface area (Å²) in [6.45, 7) is 4.17. The molecule has 0 aliphatic carbocycles. The van der Waals surface area contributed by atoms with E-state index in [0.29, 0.717) is 6.42 Å². The highest BCUT2D eigenvalue weighted by atomic mass is 16.5. The van der Waals surface area contributed by atoms with E-state index in [9.17, 15) is 4.79 Å². The average Bonchev–Trinajstić information content (AvgIpc) is 2.74. The molecule has 0 fully saturated rings. The Morgan fingerprint density at radius 1 is 0.742 bits per heavy atom. The Morgan fingerprint density at radius 2 is 1.19 bits per heavy atom. The van der Waals surface area contributed by atoms with Crippen LogP contribution >= 0.6 is 0 Å². The molecule has 1 rings (SSSR count). The Balaban J connectivity index is 1.73. The SMILES string of the molecule is CCCCCCCC/C=C\CCCCCCCCCCCCCC1CC(=O)C=C(C)O1. The summed E-state index contributed by atoms with van der Waals surface area (Å²) in [6.07, 6.45) is 34.2. The Hall–Kier alpha value is -1.05. The lowest BCUT2D eigenvalue weighted by Crippen LogP contribution is -2.21. The Bertz CT molecular complexity index is 477. The van der Waals surface area contributed by atoms with Crippen molar-refractivity contribution in [2.45, 2.75) is 155 Å². The van der Waals surface area contributed by atoms with Crippen molar-refractivity contribution < 1.29 is 9.53 Å². The second-order valence-corrected chi connectivity index (χ2v) is 9.66. The van der Waals surface area contributed by atoms with Gasteiger partial charge in [0.25, 0.3) is 0 Å². The lowest BCUT2D eigenvalue weighted by atomic mass is 10.0. The number of ketones is 1. The third-order valence-corrected chi connectivity index (χ3v) is 6.43. The van der Waals surface area contributed by atoms with Crippen LogP contribution in [-0.2, 0) is 9.53 Å². The monoisotopic (exact) mass is 432 g/mol. The molecule has 0 aromatic rings. The number of ether oxygens (including phenoxy) is 1. The van der Waals surface area contributed by atoms with Gasteiger partial charge in [-0.15, -0.1) is 0 Å². The van der Waals surface area contributed by atoms with E-state index in [1.54, 1.807) is 6.08 Å². The van der Waals surface area contributed by atoms with Crippen LogP contribution < -0.4 is 0 Å². The fraction of sp³-hybridized carbons (Fsp3) is 0.828. The third kappa shape index (κ3) is 18.2. The molecule has 0 aromatic carbocycles. The Labute approximate surface area is 194 Å². The van der Waals surface area contributed by atoms with Gasteiger partial charge in [0, 0.05) is 12.5 Å².